The van der Waals surface area contributed by atoms with Gasteiger partial charge in [0.1, 0.15) is 5.82 Å². The summed E-state index contributed by atoms with van der Waals surface area (Å²) in [6.45, 7) is 14.4. The van der Waals surface area contributed by atoms with Crippen LogP contribution >= 0.6 is 0 Å². The van der Waals surface area contributed by atoms with Gasteiger partial charge in [0.25, 0.3) is 0 Å². The molecule has 2 aromatic rings. The van der Waals surface area contributed by atoms with E-state index in [1.54, 1.807) is 0 Å². The van der Waals surface area contributed by atoms with Crippen LogP contribution in [0.4, 0.5) is 5.82 Å². The van der Waals surface area contributed by atoms with E-state index in [4.69, 9.17) is 4.42 Å². The van der Waals surface area contributed by atoms with Gasteiger partial charge < -0.3 is 9.32 Å². The number of allylic oxidation sites excluding steroid dienone is 1. The molecule has 0 radical (unpaired) electrons. The summed E-state index contributed by atoms with van der Waals surface area (Å²) in [6, 6.07) is 6.17. The van der Waals surface area contributed by atoms with Crippen LogP contribution < -0.4 is 4.90 Å². The van der Waals surface area contributed by atoms with Crippen LogP contribution in [-0.2, 0) is 6.42 Å². The average molecular weight is 410 g/mol. The number of aryl methyl sites for hydroxylation is 1. The van der Waals surface area contributed by atoms with E-state index in [1.807, 2.05) is 19.2 Å². The van der Waals surface area contributed by atoms with Crippen molar-refractivity contribution in [1.29, 1.82) is 0 Å². The molecule has 162 valence electrons. The molecule has 1 fully saturated rings. The molecule has 2 aromatic heterocycles. The number of hydrogen-bond acceptors (Lipinski definition) is 6. The molecule has 30 heavy (non-hydrogen) atoms. The fourth-order valence-electron chi connectivity index (χ4n) is 5.11. The number of rotatable bonds is 6. The second-order valence-corrected chi connectivity index (χ2v) is 9.31. The summed E-state index contributed by atoms with van der Waals surface area (Å²) < 4.78 is 5.66. The van der Waals surface area contributed by atoms with Gasteiger partial charge in [-0.05, 0) is 49.1 Å². The highest BCUT2D eigenvalue weighted by Crippen LogP contribution is 2.39. The maximum Gasteiger partial charge on any atom is 0.217 e. The Morgan fingerprint density at radius 2 is 1.90 bits per heavy atom. The topological polar surface area (TPSA) is 58.3 Å². The lowest BCUT2D eigenvalue weighted by molar-refractivity contribution is 0.154. The first kappa shape index (κ1) is 21.0. The Labute approximate surface area is 180 Å². The van der Waals surface area contributed by atoms with Crippen molar-refractivity contribution in [2.24, 2.45) is 23.7 Å². The zero-order valence-electron chi connectivity index (χ0n) is 18.8. The maximum absolute atomic E-state index is 5.66. The van der Waals surface area contributed by atoms with Crippen molar-refractivity contribution >= 4 is 5.82 Å². The van der Waals surface area contributed by atoms with E-state index in [0.29, 0.717) is 29.6 Å². The molecule has 6 heteroatoms. The SMILES string of the molecule is CC1=C[C@@H](CN2CCN(c3ccccn3)CC2)[C@H](C(C)C)C[C@@H]1Cc1nnc(C)o1. The monoisotopic (exact) mass is 409 g/mol. The third-order valence-electron chi connectivity index (χ3n) is 6.89. The van der Waals surface area contributed by atoms with Crippen LogP contribution in [0, 0.1) is 30.6 Å². The second-order valence-electron chi connectivity index (χ2n) is 9.31. The smallest absolute Gasteiger partial charge is 0.217 e. The molecular formula is C24H35N5O. The van der Waals surface area contributed by atoms with Crippen molar-refractivity contribution in [1.82, 2.24) is 20.1 Å². The standard InChI is InChI=1S/C24H35N5O/c1-17(2)22-14-20(15-24-27-26-19(4)30-24)18(3)13-21(22)16-28-9-11-29(12-10-28)23-7-5-6-8-25-23/h5-8,13,17,20-22H,9-12,14-16H2,1-4H3/t20-,21+,22+/m1/s1. The van der Waals surface area contributed by atoms with E-state index < -0.39 is 0 Å². The van der Waals surface area contributed by atoms with Crippen molar-refractivity contribution < 1.29 is 4.42 Å². The van der Waals surface area contributed by atoms with Crippen molar-refractivity contribution in [3.63, 3.8) is 0 Å². The first-order valence-corrected chi connectivity index (χ1v) is 11.3. The van der Waals surface area contributed by atoms with Crippen LogP contribution in [0.3, 0.4) is 0 Å². The van der Waals surface area contributed by atoms with Gasteiger partial charge in [-0.2, -0.15) is 0 Å². The number of anilines is 1. The molecule has 0 saturated carbocycles. The van der Waals surface area contributed by atoms with E-state index in [9.17, 15) is 0 Å². The minimum Gasteiger partial charge on any atom is -0.426 e. The van der Waals surface area contributed by atoms with E-state index in [-0.39, 0.29) is 0 Å². The molecule has 3 atom stereocenters. The Morgan fingerprint density at radius 1 is 1.10 bits per heavy atom. The summed E-state index contributed by atoms with van der Waals surface area (Å²) in [4.78, 5) is 9.56. The van der Waals surface area contributed by atoms with Crippen LogP contribution in [0.5, 0.6) is 0 Å². The summed E-state index contributed by atoms with van der Waals surface area (Å²) >= 11 is 0. The third kappa shape index (κ3) is 4.91. The number of pyridine rings is 1. The largest absolute Gasteiger partial charge is 0.426 e. The molecule has 6 nitrogen and oxygen atoms in total. The molecule has 0 bridgehead atoms. The Hall–Kier alpha value is -2.21. The zero-order valence-corrected chi connectivity index (χ0v) is 18.8. The molecule has 1 saturated heterocycles. The van der Waals surface area contributed by atoms with Gasteiger partial charge in [-0.15, -0.1) is 10.2 Å². The fourth-order valence-corrected chi connectivity index (χ4v) is 5.11. The molecule has 0 spiro atoms. The highest BCUT2D eigenvalue weighted by Gasteiger charge is 2.34. The van der Waals surface area contributed by atoms with Crippen LogP contribution in [0.15, 0.2) is 40.5 Å². The maximum atomic E-state index is 5.66. The van der Waals surface area contributed by atoms with Crippen molar-refractivity contribution in [3.05, 3.63) is 47.8 Å². The summed E-state index contributed by atoms with van der Waals surface area (Å²) in [5, 5.41) is 8.23. The first-order chi connectivity index (χ1) is 14.5. The van der Waals surface area contributed by atoms with Crippen molar-refractivity contribution in [3.8, 4) is 0 Å². The number of nitrogens with zero attached hydrogens (tertiary/aromatic N) is 5. The molecule has 4 rings (SSSR count). The fraction of sp³-hybridized carbons (Fsp3) is 0.625. The summed E-state index contributed by atoms with van der Waals surface area (Å²) in [6.07, 6.45) is 6.51. The summed E-state index contributed by atoms with van der Waals surface area (Å²) in [5.41, 5.74) is 1.49. The molecule has 0 aromatic carbocycles. The van der Waals surface area contributed by atoms with E-state index in [2.05, 4.69) is 64.0 Å². The number of hydrogen-bond donors (Lipinski definition) is 0. The highest BCUT2D eigenvalue weighted by atomic mass is 16.4. The van der Waals surface area contributed by atoms with E-state index in [1.165, 1.54) is 12.0 Å². The van der Waals surface area contributed by atoms with Gasteiger partial charge in [0, 0.05) is 52.3 Å². The van der Waals surface area contributed by atoms with Gasteiger partial charge in [0.15, 0.2) is 0 Å². The molecule has 3 heterocycles. The lowest BCUT2D eigenvalue weighted by Gasteiger charge is -2.41. The van der Waals surface area contributed by atoms with E-state index >= 15 is 0 Å². The molecule has 0 N–H and O–H groups in total. The normalized spacial score (nSPS) is 25.6. The summed E-state index contributed by atoms with van der Waals surface area (Å²) in [7, 11) is 0. The quantitative estimate of drug-likeness (QED) is 0.673. The van der Waals surface area contributed by atoms with E-state index in [0.717, 1.165) is 50.9 Å². The lowest BCUT2D eigenvalue weighted by atomic mass is 9.69. The first-order valence-electron chi connectivity index (χ1n) is 11.3. The van der Waals surface area contributed by atoms with Gasteiger partial charge in [-0.3, -0.25) is 4.90 Å². The number of piperazine rings is 1. The van der Waals surface area contributed by atoms with Gasteiger partial charge in [0.05, 0.1) is 0 Å². The molecular weight excluding hydrogens is 374 g/mol. The van der Waals surface area contributed by atoms with Crippen LogP contribution in [0.25, 0.3) is 0 Å². The molecule has 2 aliphatic rings. The predicted octanol–water partition coefficient (Wildman–Crippen LogP) is 3.99. The Bertz CT molecular complexity index is 838. The average Bonchev–Trinajstić information content (AvgIpc) is 3.15. The predicted molar refractivity (Wildman–Crippen MR) is 119 cm³/mol. The number of aromatic nitrogens is 3. The highest BCUT2D eigenvalue weighted by molar-refractivity contribution is 5.38. The van der Waals surface area contributed by atoms with Crippen LogP contribution in [-0.4, -0.2) is 52.8 Å². The van der Waals surface area contributed by atoms with Crippen LogP contribution in [0.2, 0.25) is 0 Å². The molecule has 0 unspecified atom stereocenters. The van der Waals surface area contributed by atoms with Crippen molar-refractivity contribution in [2.45, 2.75) is 40.5 Å². The Kier molecular flexibility index (Phi) is 6.52. The summed E-state index contributed by atoms with van der Waals surface area (Å²) in [5.74, 6) is 5.02. The van der Waals surface area contributed by atoms with Crippen molar-refractivity contribution in [2.75, 3.05) is 37.6 Å². The minimum absolute atomic E-state index is 0.509. The Balaban J connectivity index is 1.38. The lowest BCUT2D eigenvalue weighted by Crippen LogP contribution is -2.49. The molecule has 1 aliphatic heterocycles. The molecule has 1 aliphatic carbocycles. The van der Waals surface area contributed by atoms with Gasteiger partial charge >= 0.3 is 0 Å². The van der Waals surface area contributed by atoms with Crippen LogP contribution in [0.1, 0.15) is 39.0 Å². The molecule has 0 amide bonds. The third-order valence-corrected chi connectivity index (χ3v) is 6.89. The van der Waals surface area contributed by atoms with Gasteiger partial charge in [-0.1, -0.05) is 31.6 Å². The second kappa shape index (κ2) is 9.29. The zero-order chi connectivity index (χ0) is 21.1. The Morgan fingerprint density at radius 3 is 2.53 bits per heavy atom. The van der Waals surface area contributed by atoms with Gasteiger partial charge in [-0.25, -0.2) is 4.98 Å². The van der Waals surface area contributed by atoms with Gasteiger partial charge in [0.2, 0.25) is 11.8 Å². The minimum atomic E-state index is 0.509.